The number of hydrogen-bond donors (Lipinski definition) is 2. The summed E-state index contributed by atoms with van der Waals surface area (Å²) in [7, 11) is 0. The Morgan fingerprint density at radius 1 is 0.947 bits per heavy atom. The topological polar surface area (TPSA) is 38.0 Å². The summed E-state index contributed by atoms with van der Waals surface area (Å²) in [4.78, 5) is 0. The second-order valence-electron chi connectivity index (χ2n) is 4.11. The molecule has 0 saturated heterocycles. The van der Waals surface area contributed by atoms with Gasteiger partial charge in [-0.15, -0.1) is 0 Å². The number of hydrogen-bond acceptors (Lipinski definition) is 2. The fraction of sp³-hybridized carbons (Fsp3) is 0.143. The van der Waals surface area contributed by atoms with Crippen LogP contribution in [0.25, 0.3) is 0 Å². The molecule has 0 aliphatic rings. The van der Waals surface area contributed by atoms with E-state index >= 15 is 0 Å². The zero-order valence-corrected chi connectivity index (χ0v) is 10.0. The SMILES string of the molecule is NCC(Nc1ccc(F)cc1)c1ccc(F)cc1F. The third kappa shape index (κ3) is 3.26. The van der Waals surface area contributed by atoms with Crippen LogP contribution in [-0.4, -0.2) is 6.54 Å². The van der Waals surface area contributed by atoms with Crippen molar-refractivity contribution in [1.29, 1.82) is 0 Å². The van der Waals surface area contributed by atoms with Gasteiger partial charge in [0.25, 0.3) is 0 Å². The molecule has 3 N–H and O–H groups in total. The van der Waals surface area contributed by atoms with Gasteiger partial charge in [-0.3, -0.25) is 0 Å². The van der Waals surface area contributed by atoms with Crippen molar-refractivity contribution in [2.75, 3.05) is 11.9 Å². The van der Waals surface area contributed by atoms with Crippen LogP contribution in [0, 0.1) is 17.5 Å². The fourth-order valence-corrected chi connectivity index (χ4v) is 1.80. The zero-order chi connectivity index (χ0) is 13.8. The maximum Gasteiger partial charge on any atom is 0.131 e. The van der Waals surface area contributed by atoms with Crippen molar-refractivity contribution in [3.05, 3.63) is 65.5 Å². The smallest absolute Gasteiger partial charge is 0.131 e. The molecule has 2 aromatic rings. The first-order valence-electron chi connectivity index (χ1n) is 5.77. The van der Waals surface area contributed by atoms with Gasteiger partial charge >= 0.3 is 0 Å². The standard InChI is InChI=1S/C14H13F3N2/c15-9-1-4-11(5-2-9)19-14(8-18)12-6-3-10(16)7-13(12)17/h1-7,14,19H,8,18H2. The van der Waals surface area contributed by atoms with Crippen molar-refractivity contribution in [1.82, 2.24) is 0 Å². The van der Waals surface area contributed by atoms with Crippen LogP contribution >= 0.6 is 0 Å². The Labute approximate surface area is 109 Å². The molecule has 5 heteroatoms. The Bertz CT molecular complexity index is 555. The maximum atomic E-state index is 13.7. The predicted molar refractivity (Wildman–Crippen MR) is 68.2 cm³/mol. The molecule has 0 aliphatic heterocycles. The quantitative estimate of drug-likeness (QED) is 0.891. The second-order valence-corrected chi connectivity index (χ2v) is 4.11. The molecule has 0 aromatic heterocycles. The van der Waals surface area contributed by atoms with Crippen molar-refractivity contribution < 1.29 is 13.2 Å². The molecule has 0 saturated carbocycles. The molecule has 0 heterocycles. The maximum absolute atomic E-state index is 13.7. The lowest BCUT2D eigenvalue weighted by atomic mass is 10.1. The highest BCUT2D eigenvalue weighted by molar-refractivity contribution is 5.45. The lowest BCUT2D eigenvalue weighted by Gasteiger charge is -2.19. The molecular formula is C14H13F3N2. The molecule has 0 amide bonds. The first-order valence-corrected chi connectivity index (χ1v) is 5.77. The summed E-state index contributed by atoms with van der Waals surface area (Å²) in [6.07, 6.45) is 0. The van der Waals surface area contributed by atoms with Crippen molar-refractivity contribution in [3.63, 3.8) is 0 Å². The summed E-state index contributed by atoms with van der Waals surface area (Å²) in [5.41, 5.74) is 6.48. The summed E-state index contributed by atoms with van der Waals surface area (Å²) in [5.74, 6) is -1.66. The number of halogens is 3. The van der Waals surface area contributed by atoms with E-state index in [9.17, 15) is 13.2 Å². The van der Waals surface area contributed by atoms with Crippen LogP contribution in [0.3, 0.4) is 0 Å². The molecule has 1 atom stereocenters. The molecule has 1 unspecified atom stereocenters. The highest BCUT2D eigenvalue weighted by Crippen LogP contribution is 2.22. The Hall–Kier alpha value is -2.01. The summed E-state index contributed by atoms with van der Waals surface area (Å²) < 4.78 is 39.3. The molecule has 0 spiro atoms. The van der Waals surface area contributed by atoms with Gasteiger partial charge in [-0.05, 0) is 30.3 Å². The highest BCUT2D eigenvalue weighted by atomic mass is 19.1. The van der Waals surface area contributed by atoms with Crippen molar-refractivity contribution >= 4 is 5.69 Å². The second kappa shape index (κ2) is 5.75. The molecule has 0 aliphatic carbocycles. The molecule has 0 radical (unpaired) electrons. The van der Waals surface area contributed by atoms with Crippen LogP contribution in [0.15, 0.2) is 42.5 Å². The largest absolute Gasteiger partial charge is 0.377 e. The number of anilines is 1. The molecule has 19 heavy (non-hydrogen) atoms. The van der Waals surface area contributed by atoms with Gasteiger partial charge < -0.3 is 11.1 Å². The third-order valence-electron chi connectivity index (χ3n) is 2.76. The van der Waals surface area contributed by atoms with Gasteiger partial charge in [0.1, 0.15) is 17.5 Å². The zero-order valence-electron chi connectivity index (χ0n) is 10.0. The number of benzene rings is 2. The van der Waals surface area contributed by atoms with E-state index in [1.54, 1.807) is 0 Å². The van der Waals surface area contributed by atoms with Gasteiger partial charge in [0.15, 0.2) is 0 Å². The number of nitrogens with one attached hydrogen (secondary N) is 1. The van der Waals surface area contributed by atoms with Crippen molar-refractivity contribution in [2.45, 2.75) is 6.04 Å². The Kier molecular flexibility index (Phi) is 4.06. The summed E-state index contributed by atoms with van der Waals surface area (Å²) in [6.45, 7) is 0.125. The fourth-order valence-electron chi connectivity index (χ4n) is 1.80. The number of nitrogens with two attached hydrogens (primary N) is 1. The van der Waals surface area contributed by atoms with E-state index in [2.05, 4.69) is 5.32 Å². The van der Waals surface area contributed by atoms with E-state index in [0.717, 1.165) is 6.07 Å². The first-order chi connectivity index (χ1) is 9.10. The lowest BCUT2D eigenvalue weighted by molar-refractivity contribution is 0.562. The minimum absolute atomic E-state index is 0.125. The van der Waals surface area contributed by atoms with Crippen LogP contribution in [0.2, 0.25) is 0 Å². The predicted octanol–water partition coefficient (Wildman–Crippen LogP) is 3.22. The van der Waals surface area contributed by atoms with Crippen LogP contribution in [0.1, 0.15) is 11.6 Å². The van der Waals surface area contributed by atoms with Crippen LogP contribution in [0.4, 0.5) is 18.9 Å². The minimum atomic E-state index is -0.662. The van der Waals surface area contributed by atoms with Gasteiger partial charge in [0, 0.05) is 23.9 Å². The Morgan fingerprint density at radius 2 is 1.58 bits per heavy atom. The molecular weight excluding hydrogens is 253 g/mol. The molecule has 0 bridgehead atoms. The van der Waals surface area contributed by atoms with E-state index in [1.165, 1.54) is 36.4 Å². The van der Waals surface area contributed by atoms with Crippen LogP contribution < -0.4 is 11.1 Å². The minimum Gasteiger partial charge on any atom is -0.377 e. The molecule has 100 valence electrons. The number of rotatable bonds is 4. The average molecular weight is 266 g/mol. The Morgan fingerprint density at radius 3 is 2.16 bits per heavy atom. The summed E-state index contributed by atoms with van der Waals surface area (Å²) in [6, 6.07) is 8.45. The highest BCUT2D eigenvalue weighted by Gasteiger charge is 2.14. The summed E-state index contributed by atoms with van der Waals surface area (Å²) >= 11 is 0. The van der Waals surface area contributed by atoms with Crippen LogP contribution in [0.5, 0.6) is 0 Å². The molecule has 2 rings (SSSR count). The Balaban J connectivity index is 2.22. The van der Waals surface area contributed by atoms with E-state index in [1.807, 2.05) is 0 Å². The van der Waals surface area contributed by atoms with Crippen molar-refractivity contribution in [3.8, 4) is 0 Å². The molecule has 2 nitrogen and oxygen atoms in total. The van der Waals surface area contributed by atoms with Gasteiger partial charge in [0.05, 0.1) is 6.04 Å². The van der Waals surface area contributed by atoms with Gasteiger partial charge in [-0.1, -0.05) is 6.07 Å². The van der Waals surface area contributed by atoms with Crippen molar-refractivity contribution in [2.24, 2.45) is 5.73 Å². The monoisotopic (exact) mass is 266 g/mol. The van der Waals surface area contributed by atoms with E-state index in [4.69, 9.17) is 5.73 Å². The first kappa shape index (κ1) is 13.4. The van der Waals surface area contributed by atoms with E-state index in [0.29, 0.717) is 5.69 Å². The van der Waals surface area contributed by atoms with E-state index in [-0.39, 0.29) is 17.9 Å². The molecule has 0 fully saturated rings. The van der Waals surface area contributed by atoms with E-state index < -0.39 is 17.7 Å². The summed E-state index contributed by atoms with van der Waals surface area (Å²) in [5, 5.41) is 2.98. The van der Waals surface area contributed by atoms with Gasteiger partial charge in [0.2, 0.25) is 0 Å². The third-order valence-corrected chi connectivity index (χ3v) is 2.76. The average Bonchev–Trinajstić information content (AvgIpc) is 2.39. The lowest BCUT2D eigenvalue weighted by Crippen LogP contribution is -2.21. The van der Waals surface area contributed by atoms with Crippen LogP contribution in [-0.2, 0) is 0 Å². The molecule has 2 aromatic carbocycles. The van der Waals surface area contributed by atoms with Gasteiger partial charge in [-0.2, -0.15) is 0 Å². The normalized spacial score (nSPS) is 12.2. The van der Waals surface area contributed by atoms with Gasteiger partial charge in [-0.25, -0.2) is 13.2 Å².